The third kappa shape index (κ3) is 2.75. The Hall–Kier alpha value is -1.25. The number of hydrogen-bond donors (Lipinski definition) is 0. The Morgan fingerprint density at radius 1 is 1.10 bits per heavy atom. The van der Waals surface area contributed by atoms with Gasteiger partial charge in [-0.15, -0.1) is 0 Å². The van der Waals surface area contributed by atoms with E-state index in [4.69, 9.17) is 9.26 Å². The summed E-state index contributed by atoms with van der Waals surface area (Å²) in [4.78, 5) is 25.4. The number of benzene rings is 1. The minimum Gasteiger partial charge on any atom is -0.480 e. The van der Waals surface area contributed by atoms with Crippen molar-refractivity contribution in [3.05, 3.63) is 29.3 Å². The molecule has 1 aromatic carbocycles. The second kappa shape index (κ2) is 5.19. The number of carbonyl (C=O) groups excluding carboxylic acids is 2. The molecule has 0 radical (unpaired) electrons. The molecule has 1 unspecified atom stereocenters. The summed E-state index contributed by atoms with van der Waals surface area (Å²) < 4.78 is 10.8. The van der Waals surface area contributed by atoms with Gasteiger partial charge in [-0.05, 0) is 57.9 Å². The lowest BCUT2D eigenvalue weighted by molar-refractivity contribution is -0.184. The van der Waals surface area contributed by atoms with E-state index in [2.05, 4.69) is 9.47 Å². The van der Waals surface area contributed by atoms with Crippen molar-refractivity contribution in [3.8, 4) is 5.75 Å². The minimum atomic E-state index is -0.994. The van der Waals surface area contributed by atoms with Crippen LogP contribution < -0.4 is 4.52 Å². The SMILES string of the molecule is Cc1ccc(OP)cc1C1C(=O)C(C)(C)OC(C)(C)C1=O. The molecule has 0 aromatic heterocycles. The summed E-state index contributed by atoms with van der Waals surface area (Å²) in [5, 5.41) is 0. The molecule has 4 nitrogen and oxygen atoms in total. The van der Waals surface area contributed by atoms with Crippen molar-refractivity contribution in [1.29, 1.82) is 0 Å². The molecule has 1 heterocycles. The Morgan fingerprint density at radius 3 is 2.10 bits per heavy atom. The number of hydrogen-bond acceptors (Lipinski definition) is 4. The molecule has 2 rings (SSSR count). The third-order valence-corrected chi connectivity index (χ3v) is 4.19. The van der Waals surface area contributed by atoms with Gasteiger partial charge in [0, 0.05) is 0 Å². The van der Waals surface area contributed by atoms with E-state index in [1.165, 1.54) is 0 Å². The lowest BCUT2D eigenvalue weighted by Crippen LogP contribution is -2.57. The highest BCUT2D eigenvalue weighted by Crippen LogP contribution is 2.40. The van der Waals surface area contributed by atoms with E-state index in [0.29, 0.717) is 11.3 Å². The average Bonchev–Trinajstić information content (AvgIpc) is 2.38. The van der Waals surface area contributed by atoms with Crippen LogP contribution in [-0.4, -0.2) is 22.8 Å². The summed E-state index contributed by atoms with van der Waals surface area (Å²) in [6.45, 7) is 8.73. The first kappa shape index (κ1) is 16.1. The summed E-state index contributed by atoms with van der Waals surface area (Å²) in [6, 6.07) is 5.40. The fraction of sp³-hybridized carbons (Fsp3) is 0.500. The normalized spacial score (nSPS) is 21.4. The quantitative estimate of drug-likeness (QED) is 0.622. The maximum atomic E-state index is 12.7. The number of aryl methyl sites for hydroxylation is 1. The average molecular weight is 308 g/mol. The van der Waals surface area contributed by atoms with Gasteiger partial charge < -0.3 is 9.26 Å². The van der Waals surface area contributed by atoms with Crippen LogP contribution in [0.25, 0.3) is 0 Å². The van der Waals surface area contributed by atoms with Crippen molar-refractivity contribution in [2.75, 3.05) is 0 Å². The van der Waals surface area contributed by atoms with Gasteiger partial charge in [0.25, 0.3) is 0 Å². The molecule has 0 saturated carbocycles. The summed E-state index contributed by atoms with van der Waals surface area (Å²) in [5.74, 6) is -0.640. The minimum absolute atomic E-state index is 0.212. The molecule has 0 amide bonds. The van der Waals surface area contributed by atoms with Gasteiger partial charge in [-0.25, -0.2) is 0 Å². The summed E-state index contributed by atoms with van der Waals surface area (Å²) in [6.07, 6.45) is 0. The number of Topliss-reactive ketones (excluding diaryl/α,β-unsaturated/α-hetero) is 2. The Kier molecular flexibility index (Phi) is 3.98. The lowest BCUT2D eigenvalue weighted by atomic mass is 9.74. The molecule has 1 aliphatic rings. The van der Waals surface area contributed by atoms with Gasteiger partial charge in [-0.2, -0.15) is 0 Å². The van der Waals surface area contributed by atoms with Crippen molar-refractivity contribution >= 4 is 21.0 Å². The zero-order valence-electron chi connectivity index (χ0n) is 13.0. The summed E-state index contributed by atoms with van der Waals surface area (Å²) >= 11 is 0. The summed E-state index contributed by atoms with van der Waals surface area (Å²) in [7, 11) is 2.17. The molecule has 0 N–H and O–H groups in total. The number of rotatable bonds is 2. The van der Waals surface area contributed by atoms with Crippen LogP contribution in [-0.2, 0) is 14.3 Å². The van der Waals surface area contributed by atoms with Crippen LogP contribution in [0.2, 0.25) is 0 Å². The van der Waals surface area contributed by atoms with E-state index in [9.17, 15) is 9.59 Å². The van der Waals surface area contributed by atoms with Gasteiger partial charge in [0.05, 0.1) is 9.47 Å². The highest BCUT2D eigenvalue weighted by atomic mass is 31.0. The van der Waals surface area contributed by atoms with Gasteiger partial charge in [0.1, 0.15) is 22.9 Å². The molecule has 0 aliphatic carbocycles. The van der Waals surface area contributed by atoms with Gasteiger partial charge in [0.15, 0.2) is 11.6 Å². The predicted molar refractivity (Wildman–Crippen MR) is 83.5 cm³/mol. The smallest absolute Gasteiger partial charge is 0.179 e. The van der Waals surface area contributed by atoms with Crippen molar-refractivity contribution in [3.63, 3.8) is 0 Å². The number of ether oxygens (including phenoxy) is 1. The maximum absolute atomic E-state index is 12.7. The fourth-order valence-electron chi connectivity index (χ4n) is 2.84. The number of ketones is 2. The van der Waals surface area contributed by atoms with Crippen LogP contribution in [0.5, 0.6) is 5.75 Å². The van der Waals surface area contributed by atoms with E-state index < -0.39 is 17.1 Å². The Balaban J connectivity index is 2.59. The molecule has 0 spiro atoms. The molecule has 114 valence electrons. The van der Waals surface area contributed by atoms with Crippen molar-refractivity contribution in [1.82, 2.24) is 0 Å². The first-order chi connectivity index (χ1) is 9.60. The second-order valence-corrected chi connectivity index (χ2v) is 6.66. The first-order valence-electron chi connectivity index (χ1n) is 6.86. The van der Waals surface area contributed by atoms with Crippen LogP contribution in [0.4, 0.5) is 0 Å². The highest BCUT2D eigenvalue weighted by Gasteiger charge is 2.53. The molecule has 0 bridgehead atoms. The van der Waals surface area contributed by atoms with Gasteiger partial charge in [-0.3, -0.25) is 9.59 Å². The zero-order valence-corrected chi connectivity index (χ0v) is 14.2. The van der Waals surface area contributed by atoms with Crippen LogP contribution in [0.3, 0.4) is 0 Å². The topological polar surface area (TPSA) is 52.6 Å². The molecular formula is C16H21O4P. The van der Waals surface area contributed by atoms with E-state index in [1.54, 1.807) is 39.8 Å². The van der Waals surface area contributed by atoms with Gasteiger partial charge in [0.2, 0.25) is 0 Å². The molecular weight excluding hydrogens is 287 g/mol. The monoisotopic (exact) mass is 308 g/mol. The molecule has 1 aliphatic heterocycles. The molecule has 1 saturated heterocycles. The largest absolute Gasteiger partial charge is 0.480 e. The number of carbonyl (C=O) groups is 2. The van der Waals surface area contributed by atoms with Crippen LogP contribution in [0.15, 0.2) is 18.2 Å². The van der Waals surface area contributed by atoms with Gasteiger partial charge >= 0.3 is 0 Å². The molecule has 1 fully saturated rings. The van der Waals surface area contributed by atoms with Crippen LogP contribution in [0, 0.1) is 6.92 Å². The van der Waals surface area contributed by atoms with E-state index in [0.717, 1.165) is 5.56 Å². The molecule has 1 aromatic rings. The molecule has 21 heavy (non-hydrogen) atoms. The third-order valence-electron chi connectivity index (χ3n) is 3.92. The van der Waals surface area contributed by atoms with Crippen molar-refractivity contribution < 1.29 is 18.8 Å². The van der Waals surface area contributed by atoms with E-state index in [1.807, 2.05) is 13.0 Å². The van der Waals surface area contributed by atoms with E-state index in [-0.39, 0.29) is 11.6 Å². The second-order valence-electron chi connectivity index (χ2n) is 6.42. The fourth-order valence-corrected chi connectivity index (χ4v) is 2.98. The maximum Gasteiger partial charge on any atom is 0.179 e. The Bertz CT molecular complexity index is 578. The van der Waals surface area contributed by atoms with Crippen LogP contribution >= 0.6 is 9.47 Å². The lowest BCUT2D eigenvalue weighted by Gasteiger charge is -2.43. The van der Waals surface area contributed by atoms with Crippen LogP contribution in [0.1, 0.15) is 44.7 Å². The van der Waals surface area contributed by atoms with Crippen molar-refractivity contribution in [2.24, 2.45) is 0 Å². The zero-order chi connectivity index (χ0) is 16.0. The molecule has 1 atom stereocenters. The summed E-state index contributed by atoms with van der Waals surface area (Å²) in [5.41, 5.74) is -0.408. The standard InChI is InChI=1S/C16H21O4P/c1-9-6-7-10(19-21)8-11(9)12-13(17)15(2,3)20-16(4,5)14(12)18/h6-8,12H,21H2,1-5H3. The first-order valence-corrected chi connectivity index (χ1v) is 7.33. The highest BCUT2D eigenvalue weighted by molar-refractivity contribution is 7.10. The van der Waals surface area contributed by atoms with Gasteiger partial charge in [-0.1, -0.05) is 6.07 Å². The Morgan fingerprint density at radius 2 is 1.62 bits per heavy atom. The Labute approximate surface area is 127 Å². The molecule has 5 heteroatoms. The van der Waals surface area contributed by atoms with E-state index >= 15 is 0 Å². The predicted octanol–water partition coefficient (Wildman–Crippen LogP) is 2.97. The van der Waals surface area contributed by atoms with Crippen molar-refractivity contribution in [2.45, 2.75) is 51.7 Å².